The molecule has 1 atom stereocenters. The van der Waals surface area contributed by atoms with Crippen molar-refractivity contribution in [3.05, 3.63) is 73.2 Å². The minimum Gasteiger partial charge on any atom is -0.316 e. The van der Waals surface area contributed by atoms with Crippen molar-refractivity contribution in [3.63, 3.8) is 0 Å². The van der Waals surface area contributed by atoms with Crippen LogP contribution in [0.5, 0.6) is 0 Å². The molecule has 2 heterocycles. The molecule has 144 valence electrons. The molecule has 0 bridgehead atoms. The number of hydrogen-bond acceptors (Lipinski definition) is 5. The van der Waals surface area contributed by atoms with Crippen molar-refractivity contribution in [2.75, 3.05) is 5.75 Å². The number of nitrogens with one attached hydrogen (secondary N) is 2. The number of nitrogens with zero attached hydrogens (tertiary/aromatic N) is 1. The van der Waals surface area contributed by atoms with E-state index in [-0.39, 0.29) is 18.9 Å². The molecule has 0 aliphatic carbocycles. The second-order valence-electron chi connectivity index (χ2n) is 6.40. The van der Waals surface area contributed by atoms with Gasteiger partial charge in [0.1, 0.15) is 0 Å². The van der Waals surface area contributed by atoms with Crippen LogP contribution >= 0.6 is 27.7 Å². The second-order valence-corrected chi connectivity index (χ2v) is 8.38. The van der Waals surface area contributed by atoms with Crippen LogP contribution in [0.2, 0.25) is 0 Å². The summed E-state index contributed by atoms with van der Waals surface area (Å²) < 4.78 is 2.25. The van der Waals surface area contributed by atoms with Gasteiger partial charge in [-0.2, -0.15) is 0 Å². The predicted molar refractivity (Wildman–Crippen MR) is 110 cm³/mol. The van der Waals surface area contributed by atoms with E-state index >= 15 is 0 Å². The molecule has 3 aromatic rings. The number of aromatic nitrogens is 2. The maximum Gasteiger partial charge on any atom is 0.317 e. The highest BCUT2D eigenvalue weighted by atomic mass is 79.9. The second kappa shape index (κ2) is 7.94. The molecule has 4 rings (SSSR count). The number of benzene rings is 2. The van der Waals surface area contributed by atoms with Crippen molar-refractivity contribution < 1.29 is 9.63 Å². The zero-order chi connectivity index (χ0) is 19.7. The van der Waals surface area contributed by atoms with Crippen LogP contribution in [0.3, 0.4) is 0 Å². The molecule has 0 fully saturated rings. The van der Waals surface area contributed by atoms with Gasteiger partial charge >= 0.3 is 11.1 Å². The lowest BCUT2D eigenvalue weighted by molar-refractivity contribution is -0.135. The number of aromatic amines is 1. The van der Waals surface area contributed by atoms with Crippen LogP contribution in [0.1, 0.15) is 18.0 Å². The first-order chi connectivity index (χ1) is 13.5. The Morgan fingerprint density at radius 2 is 2.07 bits per heavy atom. The Morgan fingerprint density at radius 1 is 1.29 bits per heavy atom. The van der Waals surface area contributed by atoms with Gasteiger partial charge < -0.3 is 4.98 Å². The van der Waals surface area contributed by atoms with E-state index in [1.165, 1.54) is 4.57 Å². The summed E-state index contributed by atoms with van der Waals surface area (Å²) in [7, 11) is 0. The average Bonchev–Trinajstić information content (AvgIpc) is 2.67. The summed E-state index contributed by atoms with van der Waals surface area (Å²) in [5.41, 5.74) is 3.21. The molecule has 2 aromatic carbocycles. The predicted octanol–water partition coefficient (Wildman–Crippen LogP) is 2.74. The van der Waals surface area contributed by atoms with Crippen LogP contribution in [-0.2, 0) is 16.2 Å². The molecule has 7 nitrogen and oxygen atoms in total. The quantitative estimate of drug-likeness (QED) is 0.450. The third kappa shape index (κ3) is 3.78. The fourth-order valence-corrected chi connectivity index (χ4v) is 5.01. The molecule has 1 amide bonds. The van der Waals surface area contributed by atoms with Crippen LogP contribution in [0.15, 0.2) is 61.4 Å². The molecule has 0 spiro atoms. The van der Waals surface area contributed by atoms with E-state index in [0.29, 0.717) is 16.8 Å². The molecular weight excluding hydrogens is 446 g/mol. The molecule has 1 unspecified atom stereocenters. The fourth-order valence-electron chi connectivity index (χ4n) is 3.20. The van der Waals surface area contributed by atoms with Crippen molar-refractivity contribution in [1.82, 2.24) is 15.0 Å². The van der Waals surface area contributed by atoms with E-state index in [2.05, 4.69) is 26.4 Å². The molecule has 0 saturated carbocycles. The summed E-state index contributed by atoms with van der Waals surface area (Å²) in [4.78, 5) is 45.7. The molecular formula is C19H16BrN3O4S. The first-order valence-electron chi connectivity index (χ1n) is 8.58. The van der Waals surface area contributed by atoms with E-state index < -0.39 is 17.2 Å². The number of halogens is 1. The lowest BCUT2D eigenvalue weighted by Gasteiger charge is -2.26. The van der Waals surface area contributed by atoms with Gasteiger partial charge in [0.15, 0.2) is 0 Å². The van der Waals surface area contributed by atoms with E-state index in [4.69, 9.17) is 4.84 Å². The number of hydrogen-bond donors (Lipinski definition) is 2. The van der Waals surface area contributed by atoms with Crippen molar-refractivity contribution in [1.29, 1.82) is 0 Å². The Morgan fingerprint density at radius 3 is 2.86 bits per heavy atom. The normalized spacial score (nSPS) is 15.5. The van der Waals surface area contributed by atoms with Crippen molar-refractivity contribution in [2.24, 2.45) is 0 Å². The van der Waals surface area contributed by atoms with E-state index in [0.717, 1.165) is 14.9 Å². The average molecular weight is 462 g/mol. The van der Waals surface area contributed by atoms with Crippen molar-refractivity contribution in [2.45, 2.75) is 24.0 Å². The van der Waals surface area contributed by atoms with Gasteiger partial charge in [-0.25, -0.2) is 5.48 Å². The van der Waals surface area contributed by atoms with Gasteiger partial charge in [-0.15, -0.1) is 11.8 Å². The molecule has 0 radical (unpaired) electrons. The summed E-state index contributed by atoms with van der Waals surface area (Å²) in [6.45, 7) is 0.248. The first-order valence-corrected chi connectivity index (χ1v) is 10.4. The molecule has 0 saturated heterocycles. The molecule has 9 heteroatoms. The van der Waals surface area contributed by atoms with E-state index in [9.17, 15) is 14.4 Å². The third-order valence-electron chi connectivity index (χ3n) is 4.43. The van der Waals surface area contributed by atoms with Gasteiger partial charge in [-0.1, -0.05) is 46.3 Å². The summed E-state index contributed by atoms with van der Waals surface area (Å²) in [5, 5.41) is 0. The first kappa shape index (κ1) is 19.0. The van der Waals surface area contributed by atoms with E-state index in [1.807, 2.05) is 36.4 Å². The monoisotopic (exact) mass is 461 g/mol. The standard InChI is InChI=1S/C19H16BrN3O4S/c20-12-6-14-17-15(7-12)28-10-13(23(17)19(26)18(25)21-14)8-16(24)22-27-9-11-4-2-1-3-5-11/h1-7,13H,8-10H2,(H,21,25)(H,22,24). The summed E-state index contributed by atoms with van der Waals surface area (Å²) in [5.74, 6) is 0.163. The van der Waals surface area contributed by atoms with Crippen molar-refractivity contribution in [3.8, 4) is 0 Å². The van der Waals surface area contributed by atoms with Gasteiger partial charge in [0.2, 0.25) is 5.91 Å². The van der Waals surface area contributed by atoms with E-state index in [1.54, 1.807) is 17.8 Å². The van der Waals surface area contributed by atoms with Gasteiger partial charge in [-0.3, -0.25) is 23.8 Å². The van der Waals surface area contributed by atoms with Crippen molar-refractivity contribution >= 4 is 44.6 Å². The Hall–Kier alpha value is -2.36. The van der Waals surface area contributed by atoms with Crippen LogP contribution in [0, 0.1) is 0 Å². The number of amides is 1. The lowest BCUT2D eigenvalue weighted by atomic mass is 10.2. The third-order valence-corrected chi connectivity index (χ3v) is 6.06. The van der Waals surface area contributed by atoms with Gasteiger partial charge in [-0.05, 0) is 17.7 Å². The Balaban J connectivity index is 1.54. The summed E-state index contributed by atoms with van der Waals surface area (Å²) >= 11 is 4.96. The highest BCUT2D eigenvalue weighted by Gasteiger charge is 2.27. The SMILES string of the molecule is O=C(CC1CSc2cc(Br)cc3[nH]c(=O)c(=O)n1c23)NOCc1ccccc1. The highest BCUT2D eigenvalue weighted by molar-refractivity contribution is 9.10. The molecule has 1 aliphatic heterocycles. The Bertz CT molecular complexity index is 1160. The molecule has 2 N–H and O–H groups in total. The smallest absolute Gasteiger partial charge is 0.316 e. The molecule has 28 heavy (non-hydrogen) atoms. The summed E-state index contributed by atoms with van der Waals surface area (Å²) in [6, 6.07) is 12.7. The molecule has 1 aliphatic rings. The van der Waals surface area contributed by atoms with Crippen LogP contribution in [0.25, 0.3) is 11.0 Å². The molecule has 1 aromatic heterocycles. The Kier molecular flexibility index (Phi) is 5.38. The maximum absolute atomic E-state index is 12.5. The largest absolute Gasteiger partial charge is 0.317 e. The zero-order valence-electron chi connectivity index (χ0n) is 14.6. The van der Waals surface area contributed by atoms with Crippen LogP contribution < -0.4 is 16.6 Å². The van der Waals surface area contributed by atoms with Crippen LogP contribution in [0.4, 0.5) is 0 Å². The van der Waals surface area contributed by atoms with Gasteiger partial charge in [0.05, 0.1) is 30.1 Å². The van der Waals surface area contributed by atoms with Crippen LogP contribution in [-0.4, -0.2) is 21.2 Å². The minimum absolute atomic E-state index is 0.0375. The number of H-pyrrole nitrogens is 1. The lowest BCUT2D eigenvalue weighted by Crippen LogP contribution is -2.41. The number of rotatable bonds is 5. The van der Waals surface area contributed by atoms with Gasteiger partial charge in [0.25, 0.3) is 0 Å². The van der Waals surface area contributed by atoms with Gasteiger partial charge in [0, 0.05) is 15.1 Å². The number of hydroxylamine groups is 1. The minimum atomic E-state index is -0.700. The zero-order valence-corrected chi connectivity index (χ0v) is 17.0. The number of carbonyl (C=O) groups excluding carboxylic acids is 1. The Labute approximate surface area is 172 Å². The summed E-state index contributed by atoms with van der Waals surface area (Å²) in [6.07, 6.45) is 0.0375. The maximum atomic E-state index is 12.5. The number of carbonyl (C=O) groups is 1. The topological polar surface area (TPSA) is 93.2 Å². The number of thioether (sulfide) groups is 1. The highest BCUT2D eigenvalue weighted by Crippen LogP contribution is 2.37. The fraction of sp³-hybridized carbons (Fsp3) is 0.211.